The van der Waals surface area contributed by atoms with E-state index in [0.29, 0.717) is 0 Å². The minimum atomic E-state index is -0.125. The highest BCUT2D eigenvalue weighted by atomic mass is 19.1. The Hall–Kier alpha value is -0.930. The average Bonchev–Trinajstić information content (AvgIpc) is 2.28. The first-order chi connectivity index (χ1) is 7.74. The van der Waals surface area contributed by atoms with Crippen LogP contribution in [-0.4, -0.2) is 19.6 Å². The number of unbranched alkanes of at least 4 members (excludes halogenated alkanes) is 1. The van der Waals surface area contributed by atoms with Gasteiger partial charge in [-0.25, -0.2) is 4.39 Å². The van der Waals surface area contributed by atoms with Crippen molar-refractivity contribution in [3.8, 4) is 0 Å². The van der Waals surface area contributed by atoms with Crippen molar-refractivity contribution >= 4 is 0 Å². The second-order valence-electron chi connectivity index (χ2n) is 4.08. The molecule has 3 N–H and O–H groups in total. The molecule has 0 unspecified atom stereocenters. The molecule has 0 aliphatic carbocycles. The van der Waals surface area contributed by atoms with Crippen LogP contribution >= 0.6 is 0 Å². The molecule has 0 aliphatic heterocycles. The van der Waals surface area contributed by atoms with Crippen LogP contribution in [0.1, 0.15) is 24.0 Å². The normalized spacial score (nSPS) is 10.7. The van der Waals surface area contributed by atoms with E-state index in [1.807, 2.05) is 12.1 Å². The van der Waals surface area contributed by atoms with Crippen molar-refractivity contribution in [2.45, 2.75) is 26.2 Å². The molecular formula is C13H21FN2. The molecular weight excluding hydrogens is 203 g/mol. The third-order valence-corrected chi connectivity index (χ3v) is 2.62. The SMILES string of the molecule is Cc1cc(CCNCCCCN)ccc1F. The summed E-state index contributed by atoms with van der Waals surface area (Å²) in [6.07, 6.45) is 3.14. The maximum absolute atomic E-state index is 13.0. The van der Waals surface area contributed by atoms with E-state index in [2.05, 4.69) is 5.32 Å². The molecule has 1 aromatic carbocycles. The summed E-state index contributed by atoms with van der Waals surface area (Å²) in [7, 11) is 0. The zero-order chi connectivity index (χ0) is 11.8. The van der Waals surface area contributed by atoms with E-state index in [9.17, 15) is 4.39 Å². The molecule has 0 aromatic heterocycles. The summed E-state index contributed by atoms with van der Waals surface area (Å²) >= 11 is 0. The van der Waals surface area contributed by atoms with Crippen LogP contribution in [0.25, 0.3) is 0 Å². The van der Waals surface area contributed by atoms with Crippen molar-refractivity contribution in [1.82, 2.24) is 5.32 Å². The maximum Gasteiger partial charge on any atom is 0.126 e. The molecule has 0 aliphatic rings. The molecule has 0 saturated heterocycles. The lowest BCUT2D eigenvalue weighted by molar-refractivity contribution is 0.613. The lowest BCUT2D eigenvalue weighted by Gasteiger charge is -2.05. The zero-order valence-corrected chi connectivity index (χ0v) is 9.93. The Labute approximate surface area is 97.0 Å². The molecule has 2 nitrogen and oxygen atoms in total. The van der Waals surface area contributed by atoms with Crippen molar-refractivity contribution in [2.24, 2.45) is 5.73 Å². The molecule has 0 saturated carbocycles. The topological polar surface area (TPSA) is 38.0 Å². The van der Waals surface area contributed by atoms with E-state index >= 15 is 0 Å². The van der Waals surface area contributed by atoms with E-state index in [1.165, 1.54) is 5.56 Å². The number of aryl methyl sites for hydroxylation is 1. The Balaban J connectivity index is 2.19. The lowest BCUT2D eigenvalue weighted by atomic mass is 10.1. The van der Waals surface area contributed by atoms with Crippen LogP contribution in [0.15, 0.2) is 18.2 Å². The van der Waals surface area contributed by atoms with Gasteiger partial charge in [0.15, 0.2) is 0 Å². The molecule has 90 valence electrons. The minimum absolute atomic E-state index is 0.125. The summed E-state index contributed by atoms with van der Waals surface area (Å²) in [6.45, 7) is 4.51. The summed E-state index contributed by atoms with van der Waals surface area (Å²) < 4.78 is 13.0. The van der Waals surface area contributed by atoms with Gasteiger partial charge in [0.1, 0.15) is 5.82 Å². The number of rotatable bonds is 7. The van der Waals surface area contributed by atoms with Crippen molar-refractivity contribution in [3.63, 3.8) is 0 Å². The second kappa shape index (κ2) is 7.36. The molecule has 0 fully saturated rings. The van der Waals surface area contributed by atoms with Crippen molar-refractivity contribution in [1.29, 1.82) is 0 Å². The van der Waals surface area contributed by atoms with E-state index in [-0.39, 0.29) is 5.82 Å². The lowest BCUT2D eigenvalue weighted by Crippen LogP contribution is -2.19. The van der Waals surface area contributed by atoms with Crippen LogP contribution in [0.2, 0.25) is 0 Å². The van der Waals surface area contributed by atoms with Gasteiger partial charge < -0.3 is 11.1 Å². The Morgan fingerprint density at radius 1 is 1.25 bits per heavy atom. The summed E-state index contributed by atoms with van der Waals surface area (Å²) in [5.74, 6) is -0.125. The van der Waals surface area contributed by atoms with Gasteiger partial charge in [0, 0.05) is 0 Å². The zero-order valence-electron chi connectivity index (χ0n) is 9.93. The van der Waals surface area contributed by atoms with Gasteiger partial charge in [-0.3, -0.25) is 0 Å². The monoisotopic (exact) mass is 224 g/mol. The highest BCUT2D eigenvalue weighted by Crippen LogP contribution is 2.09. The Kier molecular flexibility index (Phi) is 6.04. The Bertz CT molecular complexity index is 313. The van der Waals surface area contributed by atoms with Crippen LogP contribution in [0.5, 0.6) is 0 Å². The third-order valence-electron chi connectivity index (χ3n) is 2.62. The van der Waals surface area contributed by atoms with Crippen molar-refractivity contribution in [2.75, 3.05) is 19.6 Å². The van der Waals surface area contributed by atoms with Crippen LogP contribution < -0.4 is 11.1 Å². The molecule has 0 amide bonds. The molecule has 0 heterocycles. The Morgan fingerprint density at radius 3 is 2.75 bits per heavy atom. The second-order valence-corrected chi connectivity index (χ2v) is 4.08. The first kappa shape index (κ1) is 13.1. The number of nitrogens with two attached hydrogens (primary N) is 1. The fourth-order valence-corrected chi connectivity index (χ4v) is 1.61. The van der Waals surface area contributed by atoms with E-state index in [4.69, 9.17) is 5.73 Å². The molecule has 3 heteroatoms. The summed E-state index contributed by atoms with van der Waals surface area (Å²) in [5, 5.41) is 3.35. The molecule has 0 radical (unpaired) electrons. The molecule has 1 aromatic rings. The molecule has 0 atom stereocenters. The molecule has 1 rings (SSSR count). The van der Waals surface area contributed by atoms with Crippen LogP contribution in [0.3, 0.4) is 0 Å². The predicted octanol–water partition coefficient (Wildman–Crippen LogP) is 2.01. The number of halogens is 1. The van der Waals surface area contributed by atoms with E-state index < -0.39 is 0 Å². The van der Waals surface area contributed by atoms with Gasteiger partial charge in [-0.1, -0.05) is 12.1 Å². The van der Waals surface area contributed by atoms with Gasteiger partial charge >= 0.3 is 0 Å². The smallest absolute Gasteiger partial charge is 0.126 e. The average molecular weight is 224 g/mol. The summed E-state index contributed by atoms with van der Waals surface area (Å²) in [6, 6.07) is 5.31. The molecule has 0 spiro atoms. The summed E-state index contributed by atoms with van der Waals surface area (Å²) in [5.41, 5.74) is 7.31. The first-order valence-electron chi connectivity index (χ1n) is 5.90. The number of benzene rings is 1. The highest BCUT2D eigenvalue weighted by Gasteiger charge is 1.98. The number of hydrogen-bond donors (Lipinski definition) is 2. The Morgan fingerprint density at radius 2 is 2.06 bits per heavy atom. The van der Waals surface area contributed by atoms with Gasteiger partial charge in [-0.05, 0) is 63.0 Å². The van der Waals surface area contributed by atoms with E-state index in [0.717, 1.165) is 44.5 Å². The van der Waals surface area contributed by atoms with Crippen molar-refractivity contribution < 1.29 is 4.39 Å². The highest BCUT2D eigenvalue weighted by molar-refractivity contribution is 5.24. The van der Waals surface area contributed by atoms with Gasteiger partial charge in [-0.2, -0.15) is 0 Å². The van der Waals surface area contributed by atoms with Crippen molar-refractivity contribution in [3.05, 3.63) is 35.1 Å². The first-order valence-corrected chi connectivity index (χ1v) is 5.90. The van der Waals surface area contributed by atoms with Crippen LogP contribution in [0.4, 0.5) is 4.39 Å². The maximum atomic E-state index is 13.0. The standard InChI is InChI=1S/C13H21FN2/c1-11-10-12(4-5-13(11)14)6-9-16-8-3-2-7-15/h4-5,10,16H,2-3,6-9,15H2,1H3. The molecule has 0 bridgehead atoms. The number of nitrogens with one attached hydrogen (secondary N) is 1. The van der Waals surface area contributed by atoms with Gasteiger partial charge in [0.25, 0.3) is 0 Å². The predicted molar refractivity (Wildman–Crippen MR) is 66.0 cm³/mol. The van der Waals surface area contributed by atoms with Gasteiger partial charge in [0.05, 0.1) is 0 Å². The summed E-state index contributed by atoms with van der Waals surface area (Å²) in [4.78, 5) is 0. The van der Waals surface area contributed by atoms with Crippen LogP contribution in [-0.2, 0) is 6.42 Å². The minimum Gasteiger partial charge on any atom is -0.330 e. The van der Waals surface area contributed by atoms with E-state index in [1.54, 1.807) is 13.0 Å². The quantitative estimate of drug-likeness (QED) is 0.695. The fourth-order valence-electron chi connectivity index (χ4n) is 1.61. The third kappa shape index (κ3) is 4.73. The molecule has 16 heavy (non-hydrogen) atoms. The van der Waals surface area contributed by atoms with Crippen LogP contribution in [0, 0.1) is 12.7 Å². The van der Waals surface area contributed by atoms with Gasteiger partial charge in [0.2, 0.25) is 0 Å². The van der Waals surface area contributed by atoms with Gasteiger partial charge in [-0.15, -0.1) is 0 Å². The fraction of sp³-hybridized carbons (Fsp3) is 0.538. The number of hydrogen-bond acceptors (Lipinski definition) is 2. The largest absolute Gasteiger partial charge is 0.330 e.